The maximum absolute atomic E-state index is 11.3. The van der Waals surface area contributed by atoms with Crippen LogP contribution >= 0.6 is 35.3 Å². The van der Waals surface area contributed by atoms with Crippen molar-refractivity contribution in [1.29, 1.82) is 0 Å². The Hall–Kier alpha value is -1.59. The van der Waals surface area contributed by atoms with Gasteiger partial charge < -0.3 is 5.11 Å². The fraction of sp³-hybridized carbons (Fsp3) is 0.286. The van der Waals surface area contributed by atoms with E-state index in [1.54, 1.807) is 11.8 Å². The molecule has 2 atom stereocenters. The van der Waals surface area contributed by atoms with E-state index in [0.29, 0.717) is 0 Å². The highest BCUT2D eigenvalue weighted by Crippen LogP contribution is 2.56. The molecule has 0 aliphatic heterocycles. The number of benzene rings is 3. The van der Waals surface area contributed by atoms with Crippen molar-refractivity contribution in [1.82, 2.24) is 0 Å². The molecule has 0 amide bonds. The third kappa shape index (κ3) is 6.71. The van der Waals surface area contributed by atoms with Gasteiger partial charge in [0, 0.05) is 19.9 Å². The molecule has 0 heterocycles. The Morgan fingerprint density at radius 3 is 1.56 bits per heavy atom. The highest BCUT2D eigenvalue weighted by molar-refractivity contribution is 8.18. The van der Waals surface area contributed by atoms with Crippen LogP contribution in [0.5, 0.6) is 0 Å². The minimum Gasteiger partial charge on any atom is -0.389 e. The molecule has 0 saturated heterocycles. The molecule has 0 radical (unpaired) electrons. The van der Waals surface area contributed by atoms with Crippen LogP contribution in [0.4, 0.5) is 0 Å². The van der Waals surface area contributed by atoms with Gasteiger partial charge in [-0.05, 0) is 62.6 Å². The Balaban J connectivity index is 2.05. The van der Waals surface area contributed by atoms with E-state index in [1.807, 2.05) is 49.5 Å². The van der Waals surface area contributed by atoms with E-state index >= 15 is 0 Å². The summed E-state index contributed by atoms with van der Waals surface area (Å²) < 4.78 is -0.239. The summed E-state index contributed by atoms with van der Waals surface area (Å²) in [5, 5.41) is 11.3. The summed E-state index contributed by atoms with van der Waals surface area (Å²) in [6.45, 7) is 10.3. The molecule has 0 fully saturated rings. The standard InChI is InChI=1S/C28H32OS3/c1-5-21-28(31-24-17-11-7-12-18-24,32-25-19-13-8-14-20-25)22(2)26(27(3,4)29)30-23-15-9-6-10-16-23/h5-20,22,26,29H,1,21H2,2-4H3/t22-,26-/m1/s1. The van der Waals surface area contributed by atoms with Crippen molar-refractivity contribution in [3.8, 4) is 0 Å². The third-order valence-electron chi connectivity index (χ3n) is 5.35. The molecule has 4 heteroatoms. The summed E-state index contributed by atoms with van der Waals surface area (Å²) in [5.41, 5.74) is -0.860. The summed E-state index contributed by atoms with van der Waals surface area (Å²) in [5.74, 6) is 0.154. The van der Waals surface area contributed by atoms with E-state index in [4.69, 9.17) is 0 Å². The summed E-state index contributed by atoms with van der Waals surface area (Å²) >= 11 is 5.54. The van der Waals surface area contributed by atoms with Crippen molar-refractivity contribution in [2.75, 3.05) is 0 Å². The van der Waals surface area contributed by atoms with E-state index < -0.39 is 5.60 Å². The first-order valence-electron chi connectivity index (χ1n) is 10.9. The second-order valence-corrected chi connectivity index (χ2v) is 12.7. The van der Waals surface area contributed by atoms with Gasteiger partial charge in [0.15, 0.2) is 0 Å². The molecule has 3 aromatic carbocycles. The van der Waals surface area contributed by atoms with Crippen molar-refractivity contribution in [3.05, 3.63) is 104 Å². The van der Waals surface area contributed by atoms with E-state index in [-0.39, 0.29) is 15.2 Å². The molecule has 0 unspecified atom stereocenters. The predicted octanol–water partition coefficient (Wildman–Crippen LogP) is 8.41. The van der Waals surface area contributed by atoms with E-state index in [1.165, 1.54) is 14.7 Å². The molecular formula is C28H32OS3. The van der Waals surface area contributed by atoms with E-state index in [2.05, 4.69) is 98.4 Å². The fourth-order valence-electron chi connectivity index (χ4n) is 3.79. The molecule has 1 nitrogen and oxygen atoms in total. The second kappa shape index (κ2) is 11.5. The van der Waals surface area contributed by atoms with Crippen LogP contribution in [-0.2, 0) is 0 Å². The summed E-state index contributed by atoms with van der Waals surface area (Å²) in [7, 11) is 0. The Labute approximate surface area is 206 Å². The number of allylic oxidation sites excluding steroid dienone is 1. The van der Waals surface area contributed by atoms with E-state index in [9.17, 15) is 5.11 Å². The van der Waals surface area contributed by atoms with Crippen LogP contribution in [0.2, 0.25) is 0 Å². The van der Waals surface area contributed by atoms with Crippen molar-refractivity contribution < 1.29 is 5.11 Å². The third-order valence-corrected chi connectivity index (χ3v) is 10.4. The summed E-state index contributed by atoms with van der Waals surface area (Å²) in [6, 6.07) is 31.5. The van der Waals surface area contributed by atoms with Crippen LogP contribution < -0.4 is 0 Å². The van der Waals surface area contributed by atoms with Gasteiger partial charge in [0.05, 0.1) is 9.68 Å². The Morgan fingerprint density at radius 2 is 1.19 bits per heavy atom. The maximum Gasteiger partial charge on any atom is 0.0776 e. The lowest BCUT2D eigenvalue weighted by molar-refractivity contribution is 0.0610. The highest BCUT2D eigenvalue weighted by atomic mass is 32.2. The molecule has 168 valence electrons. The van der Waals surface area contributed by atoms with Gasteiger partial charge in [-0.3, -0.25) is 0 Å². The Morgan fingerprint density at radius 1 is 0.781 bits per heavy atom. The zero-order valence-electron chi connectivity index (χ0n) is 19.0. The van der Waals surface area contributed by atoms with Crippen LogP contribution in [0, 0.1) is 5.92 Å². The molecule has 3 aromatic rings. The van der Waals surface area contributed by atoms with Crippen LogP contribution in [0.1, 0.15) is 27.2 Å². The van der Waals surface area contributed by atoms with Gasteiger partial charge in [-0.15, -0.1) is 41.9 Å². The van der Waals surface area contributed by atoms with Gasteiger partial charge in [-0.1, -0.05) is 67.6 Å². The summed E-state index contributed by atoms with van der Waals surface area (Å²) in [6.07, 6.45) is 2.84. The first-order valence-corrected chi connectivity index (χ1v) is 13.4. The van der Waals surface area contributed by atoms with Crippen molar-refractivity contribution in [2.45, 2.75) is 56.8 Å². The summed E-state index contributed by atoms with van der Waals surface area (Å²) in [4.78, 5) is 3.63. The van der Waals surface area contributed by atoms with Gasteiger partial charge in [0.25, 0.3) is 0 Å². The lowest BCUT2D eigenvalue weighted by Crippen LogP contribution is -2.46. The fourth-order valence-corrected chi connectivity index (χ4v) is 8.47. The van der Waals surface area contributed by atoms with E-state index in [0.717, 1.165) is 6.42 Å². The highest BCUT2D eigenvalue weighted by Gasteiger charge is 2.46. The quantitative estimate of drug-likeness (QED) is 0.169. The van der Waals surface area contributed by atoms with Crippen molar-refractivity contribution in [3.63, 3.8) is 0 Å². The minimum atomic E-state index is -0.860. The van der Waals surface area contributed by atoms with Crippen LogP contribution in [0.25, 0.3) is 0 Å². The average Bonchev–Trinajstić information content (AvgIpc) is 2.78. The number of hydrogen-bond donors (Lipinski definition) is 1. The van der Waals surface area contributed by atoms with Crippen molar-refractivity contribution in [2.24, 2.45) is 5.92 Å². The van der Waals surface area contributed by atoms with Gasteiger partial charge >= 0.3 is 0 Å². The average molecular weight is 481 g/mol. The maximum atomic E-state index is 11.3. The second-order valence-electron chi connectivity index (χ2n) is 8.43. The minimum absolute atomic E-state index is 0.0164. The predicted molar refractivity (Wildman–Crippen MR) is 144 cm³/mol. The molecule has 3 rings (SSSR count). The first kappa shape index (κ1) is 25.0. The van der Waals surface area contributed by atoms with Gasteiger partial charge in [0.1, 0.15) is 0 Å². The monoisotopic (exact) mass is 480 g/mol. The molecule has 0 aromatic heterocycles. The van der Waals surface area contributed by atoms with Gasteiger partial charge in [-0.25, -0.2) is 0 Å². The number of rotatable bonds is 11. The SMILES string of the molecule is C=CCC(Sc1ccccc1)(Sc1ccccc1)[C@H](C)[C@@H](Sc1ccccc1)C(C)(C)O. The van der Waals surface area contributed by atoms with Crippen molar-refractivity contribution >= 4 is 35.3 Å². The Kier molecular flexibility index (Phi) is 9.01. The van der Waals surface area contributed by atoms with Crippen LogP contribution in [0.3, 0.4) is 0 Å². The molecule has 0 saturated carbocycles. The number of thioether (sulfide) groups is 3. The molecule has 0 bridgehead atoms. The smallest absolute Gasteiger partial charge is 0.0776 e. The van der Waals surface area contributed by atoms with Gasteiger partial charge in [-0.2, -0.15) is 0 Å². The lowest BCUT2D eigenvalue weighted by Gasteiger charge is -2.45. The molecule has 0 aliphatic carbocycles. The largest absolute Gasteiger partial charge is 0.389 e. The number of hydrogen-bond acceptors (Lipinski definition) is 4. The van der Waals surface area contributed by atoms with Crippen LogP contribution in [-0.4, -0.2) is 20.0 Å². The molecular weight excluding hydrogens is 449 g/mol. The lowest BCUT2D eigenvalue weighted by atomic mass is 9.90. The molecule has 1 N–H and O–H groups in total. The van der Waals surface area contributed by atoms with Gasteiger partial charge in [0.2, 0.25) is 0 Å². The normalized spacial score (nSPS) is 14.0. The zero-order valence-corrected chi connectivity index (χ0v) is 21.4. The topological polar surface area (TPSA) is 20.2 Å². The molecule has 0 aliphatic rings. The molecule has 32 heavy (non-hydrogen) atoms. The zero-order chi connectivity index (χ0) is 23.0. The van der Waals surface area contributed by atoms with Crippen LogP contribution in [0.15, 0.2) is 118 Å². The first-order chi connectivity index (χ1) is 15.3. The number of aliphatic hydroxyl groups is 1. The molecule has 0 spiro atoms. The Bertz CT molecular complexity index is 911.